The van der Waals surface area contributed by atoms with Crippen LogP contribution in [0.4, 0.5) is 0 Å². The van der Waals surface area contributed by atoms with Gasteiger partial charge >= 0.3 is 0 Å². The van der Waals surface area contributed by atoms with Crippen LogP contribution in [0.3, 0.4) is 0 Å². The van der Waals surface area contributed by atoms with E-state index in [1.807, 2.05) is 0 Å². The Balaban J connectivity index is 3.11. The first kappa shape index (κ1) is 10.6. The molecule has 1 heteroatoms. The quantitative estimate of drug-likeness (QED) is 0.600. The fourth-order valence-corrected chi connectivity index (χ4v) is 2.50. The van der Waals surface area contributed by atoms with Gasteiger partial charge in [0.1, 0.15) is 0 Å². The second-order valence-electron chi connectivity index (χ2n) is 5.57. The highest BCUT2D eigenvalue weighted by Gasteiger charge is 2.39. The summed E-state index contributed by atoms with van der Waals surface area (Å²) in [5.74, 6) is 1.22. The van der Waals surface area contributed by atoms with Crippen LogP contribution in [-0.2, 0) is 4.74 Å². The molecule has 0 spiro atoms. The molecule has 0 saturated carbocycles. The van der Waals surface area contributed by atoms with E-state index < -0.39 is 0 Å². The minimum Gasteiger partial charge on any atom is -0.497 e. The third-order valence-corrected chi connectivity index (χ3v) is 2.63. The Kier molecular flexibility index (Phi) is 2.48. The molecular formula is C12H22O. The number of ether oxygens (including phenoxy) is 1. The molecule has 0 aromatic rings. The highest BCUT2D eigenvalue weighted by molar-refractivity contribution is 5.26. The average Bonchev–Trinajstić information content (AvgIpc) is 2.23. The standard InChI is InChI=1S/C12H22O/c1-7-9-10(11(2,3)4)12(5,6)8-13-9/h7-8H2,1-6H3. The van der Waals surface area contributed by atoms with E-state index in [-0.39, 0.29) is 10.8 Å². The van der Waals surface area contributed by atoms with Crippen molar-refractivity contribution in [3.8, 4) is 0 Å². The monoisotopic (exact) mass is 182 g/mol. The van der Waals surface area contributed by atoms with Crippen LogP contribution in [0.25, 0.3) is 0 Å². The fraction of sp³-hybridized carbons (Fsp3) is 0.833. The van der Waals surface area contributed by atoms with Crippen LogP contribution in [0.5, 0.6) is 0 Å². The van der Waals surface area contributed by atoms with Crippen molar-refractivity contribution in [1.82, 2.24) is 0 Å². The van der Waals surface area contributed by atoms with Crippen molar-refractivity contribution in [3.63, 3.8) is 0 Å². The van der Waals surface area contributed by atoms with Gasteiger partial charge < -0.3 is 4.74 Å². The van der Waals surface area contributed by atoms with E-state index >= 15 is 0 Å². The number of hydrogen-bond donors (Lipinski definition) is 0. The van der Waals surface area contributed by atoms with E-state index in [0.29, 0.717) is 0 Å². The van der Waals surface area contributed by atoms with Crippen LogP contribution in [-0.4, -0.2) is 6.61 Å². The lowest BCUT2D eigenvalue weighted by Crippen LogP contribution is -2.24. The van der Waals surface area contributed by atoms with E-state index in [0.717, 1.165) is 13.0 Å². The number of hydrogen-bond acceptors (Lipinski definition) is 1. The van der Waals surface area contributed by atoms with Gasteiger partial charge in [-0.05, 0) is 11.0 Å². The first-order valence-corrected chi connectivity index (χ1v) is 5.16. The van der Waals surface area contributed by atoms with Crippen molar-refractivity contribution < 1.29 is 4.74 Å². The van der Waals surface area contributed by atoms with Crippen molar-refractivity contribution in [1.29, 1.82) is 0 Å². The molecule has 1 aliphatic rings. The maximum absolute atomic E-state index is 5.74. The molecule has 13 heavy (non-hydrogen) atoms. The molecule has 0 atom stereocenters. The van der Waals surface area contributed by atoms with Crippen LogP contribution < -0.4 is 0 Å². The molecule has 0 aromatic heterocycles. The molecule has 0 N–H and O–H groups in total. The Morgan fingerprint density at radius 1 is 1.31 bits per heavy atom. The van der Waals surface area contributed by atoms with Crippen LogP contribution in [0.1, 0.15) is 48.0 Å². The van der Waals surface area contributed by atoms with Crippen LogP contribution in [0, 0.1) is 10.8 Å². The molecule has 0 unspecified atom stereocenters. The molecule has 1 nitrogen and oxygen atoms in total. The average molecular weight is 182 g/mol. The summed E-state index contributed by atoms with van der Waals surface area (Å²) in [5, 5.41) is 0. The Bertz CT molecular complexity index is 228. The molecule has 76 valence electrons. The van der Waals surface area contributed by atoms with Crippen molar-refractivity contribution in [2.45, 2.75) is 48.0 Å². The topological polar surface area (TPSA) is 9.23 Å². The molecule has 0 saturated heterocycles. The van der Waals surface area contributed by atoms with Gasteiger partial charge in [-0.3, -0.25) is 0 Å². The molecule has 0 bridgehead atoms. The van der Waals surface area contributed by atoms with Gasteiger partial charge in [0.05, 0.1) is 12.4 Å². The molecule has 1 rings (SSSR count). The van der Waals surface area contributed by atoms with Crippen LogP contribution in [0.15, 0.2) is 11.3 Å². The summed E-state index contributed by atoms with van der Waals surface area (Å²) in [4.78, 5) is 0. The Hall–Kier alpha value is -0.460. The molecule has 1 heterocycles. The zero-order chi connectivity index (χ0) is 10.3. The fourth-order valence-electron chi connectivity index (χ4n) is 2.50. The van der Waals surface area contributed by atoms with E-state index in [1.165, 1.54) is 11.3 Å². The number of allylic oxidation sites excluding steroid dienone is 1. The number of rotatable bonds is 1. The van der Waals surface area contributed by atoms with Gasteiger partial charge in [0.2, 0.25) is 0 Å². The summed E-state index contributed by atoms with van der Waals surface area (Å²) in [6.07, 6.45) is 1.02. The molecule has 0 amide bonds. The zero-order valence-corrected chi connectivity index (χ0v) is 9.82. The predicted octanol–water partition coefficient (Wildman–Crippen LogP) is 3.75. The first-order chi connectivity index (χ1) is 5.79. The molecular weight excluding hydrogens is 160 g/mol. The summed E-state index contributed by atoms with van der Waals surface area (Å²) >= 11 is 0. The lowest BCUT2D eigenvalue weighted by molar-refractivity contribution is 0.177. The first-order valence-electron chi connectivity index (χ1n) is 5.16. The van der Waals surface area contributed by atoms with E-state index in [9.17, 15) is 0 Å². The summed E-state index contributed by atoms with van der Waals surface area (Å²) < 4.78 is 5.74. The van der Waals surface area contributed by atoms with Crippen LogP contribution >= 0.6 is 0 Å². The lowest BCUT2D eigenvalue weighted by atomic mass is 9.71. The summed E-state index contributed by atoms with van der Waals surface area (Å²) in [7, 11) is 0. The highest BCUT2D eigenvalue weighted by Crippen LogP contribution is 2.47. The van der Waals surface area contributed by atoms with Gasteiger partial charge in [0, 0.05) is 11.8 Å². The van der Waals surface area contributed by atoms with Crippen LogP contribution in [0.2, 0.25) is 0 Å². The van der Waals surface area contributed by atoms with Crippen molar-refractivity contribution >= 4 is 0 Å². The second-order valence-corrected chi connectivity index (χ2v) is 5.57. The Labute approximate surface area is 82.2 Å². The minimum absolute atomic E-state index is 0.226. The van der Waals surface area contributed by atoms with Gasteiger partial charge in [-0.1, -0.05) is 41.5 Å². The third kappa shape index (κ3) is 1.90. The molecule has 0 radical (unpaired) electrons. The van der Waals surface area contributed by atoms with E-state index in [1.54, 1.807) is 0 Å². The van der Waals surface area contributed by atoms with Gasteiger partial charge in [0.15, 0.2) is 0 Å². The maximum Gasteiger partial charge on any atom is 0.0966 e. The van der Waals surface area contributed by atoms with Gasteiger partial charge in [0.25, 0.3) is 0 Å². The van der Waals surface area contributed by atoms with Gasteiger partial charge in [-0.2, -0.15) is 0 Å². The SMILES string of the molecule is CCC1=C(C(C)(C)C)C(C)(C)CO1. The predicted molar refractivity (Wildman–Crippen MR) is 56.5 cm³/mol. The Morgan fingerprint density at radius 2 is 1.85 bits per heavy atom. The summed E-state index contributed by atoms with van der Waals surface area (Å²) in [6, 6.07) is 0. The third-order valence-electron chi connectivity index (χ3n) is 2.63. The largest absolute Gasteiger partial charge is 0.497 e. The van der Waals surface area contributed by atoms with Crippen molar-refractivity contribution in [2.75, 3.05) is 6.61 Å². The second kappa shape index (κ2) is 3.04. The smallest absolute Gasteiger partial charge is 0.0966 e. The molecule has 0 aromatic carbocycles. The van der Waals surface area contributed by atoms with E-state index in [4.69, 9.17) is 4.74 Å². The van der Waals surface area contributed by atoms with Crippen molar-refractivity contribution in [3.05, 3.63) is 11.3 Å². The maximum atomic E-state index is 5.74. The zero-order valence-electron chi connectivity index (χ0n) is 9.82. The summed E-state index contributed by atoms with van der Waals surface area (Å²) in [5.41, 5.74) is 1.97. The van der Waals surface area contributed by atoms with Gasteiger partial charge in [-0.25, -0.2) is 0 Å². The summed E-state index contributed by atoms with van der Waals surface area (Å²) in [6.45, 7) is 14.4. The Morgan fingerprint density at radius 3 is 2.15 bits per heavy atom. The normalized spacial score (nSPS) is 22.0. The lowest BCUT2D eigenvalue weighted by Gasteiger charge is -2.30. The molecule has 1 aliphatic heterocycles. The molecule has 0 fully saturated rings. The van der Waals surface area contributed by atoms with Gasteiger partial charge in [-0.15, -0.1) is 0 Å². The van der Waals surface area contributed by atoms with E-state index in [2.05, 4.69) is 41.5 Å². The highest BCUT2D eigenvalue weighted by atomic mass is 16.5. The van der Waals surface area contributed by atoms with Crippen molar-refractivity contribution in [2.24, 2.45) is 10.8 Å². The molecule has 0 aliphatic carbocycles. The minimum atomic E-state index is 0.226.